The zero-order chi connectivity index (χ0) is 24.5. The minimum Gasteiger partial charge on any atom is -0.494 e. The van der Waals surface area contributed by atoms with Crippen molar-refractivity contribution < 1.29 is 18.7 Å². The van der Waals surface area contributed by atoms with Gasteiger partial charge in [0.2, 0.25) is 0 Å². The summed E-state index contributed by atoms with van der Waals surface area (Å²) in [6.07, 6.45) is 5.48. The number of rotatable bonds is 8. The molecule has 10 heteroatoms. The summed E-state index contributed by atoms with van der Waals surface area (Å²) in [5.74, 6) is 1.27. The summed E-state index contributed by atoms with van der Waals surface area (Å²) < 4.78 is 20.6. The van der Waals surface area contributed by atoms with E-state index in [9.17, 15) is 14.0 Å². The average Bonchev–Trinajstić information content (AvgIpc) is 3.40. The topological polar surface area (TPSA) is 110 Å². The molecule has 0 spiro atoms. The fourth-order valence-corrected chi connectivity index (χ4v) is 4.83. The van der Waals surface area contributed by atoms with Crippen molar-refractivity contribution in [1.29, 1.82) is 0 Å². The first-order chi connectivity index (χ1) is 17.0. The fourth-order valence-electron chi connectivity index (χ4n) is 4.83. The van der Waals surface area contributed by atoms with Gasteiger partial charge >= 0.3 is 0 Å². The number of imidazole rings is 1. The molecular formula is C25H29FN6O3. The Morgan fingerprint density at radius 3 is 2.66 bits per heavy atom. The number of nitrogens with zero attached hydrogens (tertiary/aromatic N) is 3. The molecule has 2 aromatic heterocycles. The zero-order valence-electron chi connectivity index (χ0n) is 19.8. The maximum absolute atomic E-state index is 13.3. The smallest absolute Gasteiger partial charge is 0.271 e. The van der Waals surface area contributed by atoms with Gasteiger partial charge in [-0.2, -0.15) is 0 Å². The molecule has 2 heterocycles. The van der Waals surface area contributed by atoms with Crippen LogP contribution in [-0.4, -0.2) is 53.2 Å². The number of methoxy groups -OCH3 is 1. The van der Waals surface area contributed by atoms with Crippen molar-refractivity contribution in [3.05, 3.63) is 41.7 Å². The normalized spacial score (nSPS) is 23.5. The maximum Gasteiger partial charge on any atom is 0.271 e. The number of fused-ring (bicyclic) bond motifs is 1. The number of benzene rings is 1. The molecule has 2 fully saturated rings. The van der Waals surface area contributed by atoms with E-state index in [-0.39, 0.29) is 11.6 Å². The standard InChI is InChI=1S/C25H29FN6O3/c1-27-20-11-22(31-32-21(12-28-24(20)32)25(34)30-19-10-17(19)26)29-18-5-3-4-16(23(18)35-2)15-8-6-14(13-33)7-9-15/h3-5,11-15,17,19,27H,6-10H2,1-2H3,(H,29,31)(H,30,34)/t14?,15?,17-,19+/m0/s1. The molecule has 0 unspecified atom stereocenters. The van der Waals surface area contributed by atoms with E-state index in [4.69, 9.17) is 4.74 Å². The average molecular weight is 481 g/mol. The summed E-state index contributed by atoms with van der Waals surface area (Å²) in [5.41, 5.74) is 3.25. The first-order valence-electron chi connectivity index (χ1n) is 11.9. The van der Waals surface area contributed by atoms with Gasteiger partial charge in [-0.05, 0) is 43.2 Å². The summed E-state index contributed by atoms with van der Waals surface area (Å²) in [6.45, 7) is 0. The lowest BCUT2D eigenvalue weighted by Gasteiger charge is -2.27. The molecular weight excluding hydrogens is 451 g/mol. The van der Waals surface area contributed by atoms with Gasteiger partial charge in [0.15, 0.2) is 17.2 Å². The van der Waals surface area contributed by atoms with Crippen LogP contribution in [0.2, 0.25) is 0 Å². The van der Waals surface area contributed by atoms with E-state index in [2.05, 4.69) is 32.1 Å². The van der Waals surface area contributed by atoms with Gasteiger partial charge in [0.1, 0.15) is 18.2 Å². The van der Waals surface area contributed by atoms with Crippen molar-refractivity contribution in [3.63, 3.8) is 0 Å². The van der Waals surface area contributed by atoms with Crippen LogP contribution in [0.4, 0.5) is 21.6 Å². The number of carbonyl (C=O) groups is 2. The number of ether oxygens (including phenoxy) is 1. The van der Waals surface area contributed by atoms with Crippen LogP contribution in [0.5, 0.6) is 5.75 Å². The number of carbonyl (C=O) groups excluding carboxylic acids is 2. The highest BCUT2D eigenvalue weighted by atomic mass is 19.1. The van der Waals surface area contributed by atoms with Crippen LogP contribution in [0, 0.1) is 5.92 Å². The Kier molecular flexibility index (Phi) is 6.27. The van der Waals surface area contributed by atoms with E-state index >= 15 is 0 Å². The molecule has 1 amide bonds. The van der Waals surface area contributed by atoms with Crippen LogP contribution in [0.15, 0.2) is 30.5 Å². The molecule has 5 rings (SSSR count). The number of hydrogen-bond acceptors (Lipinski definition) is 7. The Morgan fingerprint density at radius 2 is 2.00 bits per heavy atom. The van der Waals surface area contributed by atoms with E-state index in [1.807, 2.05) is 18.2 Å². The molecule has 9 nitrogen and oxygen atoms in total. The van der Waals surface area contributed by atoms with Gasteiger partial charge in [-0.1, -0.05) is 12.1 Å². The highest BCUT2D eigenvalue weighted by molar-refractivity contribution is 5.94. The zero-order valence-corrected chi connectivity index (χ0v) is 19.8. The second-order valence-electron chi connectivity index (χ2n) is 9.20. The van der Waals surface area contributed by atoms with Crippen LogP contribution in [-0.2, 0) is 4.79 Å². The van der Waals surface area contributed by atoms with E-state index in [0.29, 0.717) is 29.5 Å². The number of nitrogens with one attached hydrogen (secondary N) is 3. The minimum atomic E-state index is -0.996. The van der Waals surface area contributed by atoms with Gasteiger partial charge in [0, 0.05) is 25.5 Å². The quantitative estimate of drug-likeness (QED) is 0.420. The number of alkyl halides is 1. The molecule has 2 aliphatic rings. The molecule has 0 bridgehead atoms. The summed E-state index contributed by atoms with van der Waals surface area (Å²) in [4.78, 5) is 28.2. The molecule has 35 heavy (non-hydrogen) atoms. The molecule has 0 aliphatic heterocycles. The van der Waals surface area contributed by atoms with Crippen LogP contribution in [0.1, 0.15) is 54.1 Å². The van der Waals surface area contributed by atoms with E-state index < -0.39 is 18.1 Å². The SMILES string of the molecule is CNc1cc(Nc2cccc(C3CCC(C=O)CC3)c2OC)nn2c(C(=O)N[C@@H]3C[C@@H]3F)cnc12. The number of para-hydroxylation sites is 1. The number of anilines is 3. The number of hydrogen-bond donors (Lipinski definition) is 3. The van der Waals surface area contributed by atoms with Crippen molar-refractivity contribution in [2.45, 2.75) is 50.2 Å². The van der Waals surface area contributed by atoms with Crippen LogP contribution in [0.3, 0.4) is 0 Å². The fraction of sp³-hybridized carbons (Fsp3) is 0.440. The molecule has 0 radical (unpaired) electrons. The molecule has 2 aliphatic carbocycles. The lowest BCUT2D eigenvalue weighted by Crippen LogP contribution is -2.28. The first kappa shape index (κ1) is 23.1. The molecule has 3 N–H and O–H groups in total. The molecule has 2 atom stereocenters. The van der Waals surface area contributed by atoms with E-state index in [0.717, 1.165) is 49.0 Å². The van der Waals surface area contributed by atoms with Gasteiger partial charge in [-0.15, -0.1) is 5.10 Å². The number of aldehydes is 1. The van der Waals surface area contributed by atoms with E-state index in [1.54, 1.807) is 14.2 Å². The minimum absolute atomic E-state index is 0.145. The number of amides is 1. The van der Waals surface area contributed by atoms with Crippen molar-refractivity contribution in [2.75, 3.05) is 24.8 Å². The molecule has 1 aromatic carbocycles. The largest absolute Gasteiger partial charge is 0.494 e. The van der Waals surface area contributed by atoms with Crippen LogP contribution in [0.25, 0.3) is 5.65 Å². The van der Waals surface area contributed by atoms with E-state index in [1.165, 1.54) is 10.7 Å². The van der Waals surface area contributed by atoms with Gasteiger partial charge in [0.25, 0.3) is 5.91 Å². The lowest BCUT2D eigenvalue weighted by atomic mass is 9.79. The molecule has 184 valence electrons. The Hall–Kier alpha value is -3.69. The Morgan fingerprint density at radius 1 is 1.23 bits per heavy atom. The summed E-state index contributed by atoms with van der Waals surface area (Å²) >= 11 is 0. The predicted molar refractivity (Wildman–Crippen MR) is 130 cm³/mol. The van der Waals surface area contributed by atoms with Crippen LogP contribution < -0.4 is 20.7 Å². The molecule has 2 saturated carbocycles. The van der Waals surface area contributed by atoms with Crippen molar-refractivity contribution in [3.8, 4) is 5.75 Å². The third-order valence-electron chi connectivity index (χ3n) is 6.92. The monoisotopic (exact) mass is 480 g/mol. The Labute approximate surface area is 202 Å². The van der Waals surface area contributed by atoms with Crippen molar-refractivity contribution >= 4 is 35.0 Å². The Balaban J connectivity index is 1.45. The van der Waals surface area contributed by atoms with Gasteiger partial charge in [-0.3, -0.25) is 4.79 Å². The Bertz CT molecular complexity index is 1250. The summed E-state index contributed by atoms with van der Waals surface area (Å²) in [5, 5.41) is 13.7. The highest BCUT2D eigenvalue weighted by Gasteiger charge is 2.39. The van der Waals surface area contributed by atoms with Crippen molar-refractivity contribution in [2.24, 2.45) is 5.92 Å². The second kappa shape index (κ2) is 9.52. The van der Waals surface area contributed by atoms with Crippen molar-refractivity contribution in [1.82, 2.24) is 19.9 Å². The molecule has 0 saturated heterocycles. The van der Waals surface area contributed by atoms with Crippen LogP contribution >= 0.6 is 0 Å². The molecule has 3 aromatic rings. The number of halogens is 1. The summed E-state index contributed by atoms with van der Waals surface area (Å²) in [7, 11) is 3.41. The third kappa shape index (κ3) is 4.52. The first-order valence-corrected chi connectivity index (χ1v) is 11.9. The predicted octanol–water partition coefficient (Wildman–Crippen LogP) is 3.84. The lowest BCUT2D eigenvalue weighted by molar-refractivity contribution is -0.111. The number of aromatic nitrogens is 3. The highest BCUT2D eigenvalue weighted by Crippen LogP contribution is 2.42. The maximum atomic E-state index is 13.3. The third-order valence-corrected chi connectivity index (χ3v) is 6.92. The van der Waals surface area contributed by atoms with Gasteiger partial charge in [0.05, 0.1) is 30.7 Å². The summed E-state index contributed by atoms with van der Waals surface area (Å²) in [6, 6.07) is 7.32. The van der Waals surface area contributed by atoms with Gasteiger partial charge < -0.3 is 25.5 Å². The second-order valence-corrected chi connectivity index (χ2v) is 9.20. The van der Waals surface area contributed by atoms with Gasteiger partial charge in [-0.25, -0.2) is 13.9 Å².